The Kier molecular flexibility index (Phi) is 4.82. The zero-order valence-corrected chi connectivity index (χ0v) is 12.9. The van der Waals surface area contributed by atoms with Crippen molar-refractivity contribution in [3.8, 4) is 0 Å². The summed E-state index contributed by atoms with van der Waals surface area (Å²) in [5.41, 5.74) is 0.0166. The van der Waals surface area contributed by atoms with E-state index in [4.69, 9.17) is 5.11 Å². The molecule has 1 fully saturated rings. The lowest BCUT2D eigenvalue weighted by Crippen LogP contribution is -2.42. The van der Waals surface area contributed by atoms with Crippen molar-refractivity contribution in [2.45, 2.75) is 12.8 Å². The highest BCUT2D eigenvalue weighted by molar-refractivity contribution is 9.10. The first-order valence-corrected chi connectivity index (χ1v) is 7.33. The van der Waals surface area contributed by atoms with Crippen molar-refractivity contribution in [3.63, 3.8) is 0 Å². The minimum Gasteiger partial charge on any atom is -0.396 e. The van der Waals surface area contributed by atoms with Crippen LogP contribution >= 0.6 is 15.9 Å². The largest absolute Gasteiger partial charge is 0.396 e. The maximum absolute atomic E-state index is 12.1. The average molecular weight is 344 g/mol. The number of aryl methyl sites for hydroxylation is 1. The van der Waals surface area contributed by atoms with Crippen molar-refractivity contribution < 1.29 is 9.90 Å². The Morgan fingerprint density at radius 2 is 2.15 bits per heavy atom. The highest BCUT2D eigenvalue weighted by Crippen LogP contribution is 2.17. The third-order valence-electron chi connectivity index (χ3n) is 3.55. The van der Waals surface area contributed by atoms with Crippen LogP contribution in [0.4, 0.5) is 10.5 Å². The van der Waals surface area contributed by atoms with E-state index in [-0.39, 0.29) is 29.8 Å². The van der Waals surface area contributed by atoms with Crippen LogP contribution in [0.15, 0.2) is 21.5 Å². The second-order valence-electron chi connectivity index (χ2n) is 5.03. The summed E-state index contributed by atoms with van der Waals surface area (Å²) in [6.07, 6.45) is 3.23. The molecule has 2 heterocycles. The first-order chi connectivity index (χ1) is 9.51. The lowest BCUT2D eigenvalue weighted by molar-refractivity contribution is 0.143. The number of piperidine rings is 1. The molecule has 0 atom stereocenters. The van der Waals surface area contributed by atoms with Crippen LogP contribution in [0, 0.1) is 5.92 Å². The normalized spacial score (nSPS) is 16.2. The molecule has 6 nitrogen and oxygen atoms in total. The number of halogens is 1. The van der Waals surface area contributed by atoms with Crippen LogP contribution in [0.3, 0.4) is 0 Å². The Bertz CT molecular complexity index is 550. The van der Waals surface area contributed by atoms with Gasteiger partial charge >= 0.3 is 6.03 Å². The zero-order valence-electron chi connectivity index (χ0n) is 11.3. The monoisotopic (exact) mass is 343 g/mol. The Morgan fingerprint density at radius 3 is 2.75 bits per heavy atom. The second-order valence-corrected chi connectivity index (χ2v) is 5.95. The fourth-order valence-corrected chi connectivity index (χ4v) is 2.81. The molecule has 7 heteroatoms. The Hall–Kier alpha value is -1.34. The van der Waals surface area contributed by atoms with Gasteiger partial charge in [0.05, 0.1) is 0 Å². The van der Waals surface area contributed by atoms with Gasteiger partial charge in [0.15, 0.2) is 0 Å². The van der Waals surface area contributed by atoms with Gasteiger partial charge in [0, 0.05) is 37.4 Å². The fourth-order valence-electron chi connectivity index (χ4n) is 2.27. The van der Waals surface area contributed by atoms with Crippen molar-refractivity contribution in [1.82, 2.24) is 9.47 Å². The molecular formula is C13H18BrN3O3. The number of nitrogens with zero attached hydrogens (tertiary/aromatic N) is 2. The van der Waals surface area contributed by atoms with Crippen molar-refractivity contribution in [3.05, 3.63) is 27.1 Å². The average Bonchev–Trinajstić information content (AvgIpc) is 2.44. The second kappa shape index (κ2) is 6.41. The summed E-state index contributed by atoms with van der Waals surface area (Å²) in [4.78, 5) is 25.7. The number of urea groups is 1. The van der Waals surface area contributed by atoms with E-state index in [1.165, 1.54) is 4.57 Å². The Balaban J connectivity index is 2.04. The minimum atomic E-state index is -0.267. The number of rotatable bonds is 2. The summed E-state index contributed by atoms with van der Waals surface area (Å²) >= 11 is 3.30. The van der Waals surface area contributed by atoms with Crippen LogP contribution < -0.4 is 10.9 Å². The first-order valence-electron chi connectivity index (χ1n) is 6.54. The molecule has 0 aliphatic carbocycles. The number of nitrogens with one attached hydrogen (secondary N) is 1. The summed E-state index contributed by atoms with van der Waals surface area (Å²) in [7, 11) is 1.63. The topological polar surface area (TPSA) is 74.6 Å². The van der Waals surface area contributed by atoms with E-state index in [0.29, 0.717) is 13.1 Å². The lowest BCUT2D eigenvalue weighted by Gasteiger charge is -2.31. The molecular weight excluding hydrogens is 326 g/mol. The molecule has 1 aliphatic heterocycles. The van der Waals surface area contributed by atoms with Gasteiger partial charge in [-0.2, -0.15) is 0 Å². The summed E-state index contributed by atoms with van der Waals surface area (Å²) in [6, 6.07) is 1.33. The number of amides is 2. The van der Waals surface area contributed by atoms with Gasteiger partial charge in [-0.15, -0.1) is 0 Å². The van der Waals surface area contributed by atoms with Gasteiger partial charge in [-0.3, -0.25) is 4.79 Å². The number of aromatic nitrogens is 1. The van der Waals surface area contributed by atoms with Crippen LogP contribution in [-0.2, 0) is 7.05 Å². The first kappa shape index (κ1) is 15.1. The molecule has 0 radical (unpaired) electrons. The molecule has 0 bridgehead atoms. The Morgan fingerprint density at radius 1 is 1.50 bits per heavy atom. The van der Waals surface area contributed by atoms with Gasteiger partial charge in [-0.25, -0.2) is 4.79 Å². The van der Waals surface area contributed by atoms with Crippen molar-refractivity contribution >= 4 is 27.6 Å². The highest BCUT2D eigenvalue weighted by atomic mass is 79.9. The molecule has 2 amide bonds. The number of carbonyl (C=O) groups is 1. The van der Waals surface area contributed by atoms with Gasteiger partial charge in [0.1, 0.15) is 5.69 Å². The minimum absolute atomic E-state index is 0.168. The number of hydrogen-bond acceptors (Lipinski definition) is 3. The van der Waals surface area contributed by atoms with Gasteiger partial charge < -0.3 is 19.9 Å². The molecule has 0 unspecified atom stereocenters. The molecule has 0 aromatic carbocycles. The molecule has 1 aromatic rings. The van der Waals surface area contributed by atoms with E-state index >= 15 is 0 Å². The number of aliphatic hydroxyl groups excluding tert-OH is 1. The number of aliphatic hydroxyl groups is 1. The predicted octanol–water partition coefficient (Wildman–Crippen LogP) is 1.38. The molecule has 2 rings (SSSR count). The van der Waals surface area contributed by atoms with E-state index in [0.717, 1.165) is 17.3 Å². The molecule has 1 saturated heterocycles. The maximum Gasteiger partial charge on any atom is 0.321 e. The maximum atomic E-state index is 12.1. The third kappa shape index (κ3) is 3.40. The van der Waals surface area contributed by atoms with Crippen molar-refractivity contribution in [2.75, 3.05) is 25.0 Å². The summed E-state index contributed by atoms with van der Waals surface area (Å²) in [6.45, 7) is 1.37. The Labute approximate surface area is 125 Å². The highest BCUT2D eigenvalue weighted by Gasteiger charge is 2.22. The van der Waals surface area contributed by atoms with Crippen LogP contribution in [0.5, 0.6) is 0 Å². The smallest absolute Gasteiger partial charge is 0.321 e. The summed E-state index contributed by atoms with van der Waals surface area (Å²) < 4.78 is 2.14. The summed E-state index contributed by atoms with van der Waals surface area (Å²) in [5.74, 6) is 0.276. The molecule has 0 saturated carbocycles. The molecule has 110 valence electrons. The van der Waals surface area contributed by atoms with Crippen molar-refractivity contribution in [1.29, 1.82) is 0 Å². The molecule has 0 spiro atoms. The number of pyridine rings is 1. The third-order valence-corrected chi connectivity index (χ3v) is 3.99. The quantitative estimate of drug-likeness (QED) is 0.851. The van der Waals surface area contributed by atoms with E-state index in [9.17, 15) is 9.59 Å². The van der Waals surface area contributed by atoms with Gasteiger partial charge in [-0.1, -0.05) is 0 Å². The van der Waals surface area contributed by atoms with E-state index < -0.39 is 0 Å². The standard InChI is InChI=1S/C13H18BrN3O3/c1-16-7-10(14)6-11(12(16)19)15-13(20)17-4-2-9(8-18)3-5-17/h6-7,9,18H,2-5,8H2,1H3,(H,15,20). The van der Waals surface area contributed by atoms with Crippen molar-refractivity contribution in [2.24, 2.45) is 13.0 Å². The fraction of sp³-hybridized carbons (Fsp3) is 0.538. The van der Waals surface area contributed by atoms with Crippen LogP contribution in [0.1, 0.15) is 12.8 Å². The van der Waals surface area contributed by atoms with Crippen LogP contribution in [-0.4, -0.2) is 40.3 Å². The molecule has 1 aromatic heterocycles. The number of carbonyl (C=O) groups excluding carboxylic acids is 1. The predicted molar refractivity (Wildman–Crippen MR) is 79.8 cm³/mol. The molecule has 20 heavy (non-hydrogen) atoms. The van der Waals surface area contributed by atoms with Gasteiger partial charge in [0.25, 0.3) is 5.56 Å². The number of hydrogen-bond donors (Lipinski definition) is 2. The van der Waals surface area contributed by atoms with Gasteiger partial charge in [-0.05, 0) is 40.8 Å². The lowest BCUT2D eigenvalue weighted by atomic mass is 9.98. The van der Waals surface area contributed by atoms with E-state index in [1.54, 1.807) is 24.2 Å². The number of anilines is 1. The molecule has 2 N–H and O–H groups in total. The number of likely N-dealkylation sites (tertiary alicyclic amines) is 1. The van der Waals surface area contributed by atoms with E-state index in [1.807, 2.05) is 0 Å². The molecule has 1 aliphatic rings. The zero-order chi connectivity index (χ0) is 14.7. The van der Waals surface area contributed by atoms with Crippen LogP contribution in [0.2, 0.25) is 0 Å². The van der Waals surface area contributed by atoms with Crippen LogP contribution in [0.25, 0.3) is 0 Å². The van der Waals surface area contributed by atoms with E-state index in [2.05, 4.69) is 21.2 Å². The van der Waals surface area contributed by atoms with Gasteiger partial charge in [0.2, 0.25) is 0 Å². The SMILES string of the molecule is Cn1cc(Br)cc(NC(=O)N2CCC(CO)CC2)c1=O. The summed E-state index contributed by atoms with van der Waals surface area (Å²) in [5, 5.41) is 11.7.